The van der Waals surface area contributed by atoms with Gasteiger partial charge in [0.05, 0.1) is 6.10 Å². The minimum Gasteiger partial charge on any atom is -0.378 e. The van der Waals surface area contributed by atoms with Crippen LogP contribution in [0.3, 0.4) is 0 Å². The van der Waals surface area contributed by atoms with E-state index in [1.807, 2.05) is 0 Å². The van der Waals surface area contributed by atoms with Crippen LogP contribution >= 0.6 is 11.8 Å². The van der Waals surface area contributed by atoms with Crippen molar-refractivity contribution in [3.63, 3.8) is 0 Å². The Kier molecular flexibility index (Phi) is 9.16. The Morgan fingerprint density at radius 3 is 2.83 bits per heavy atom. The summed E-state index contributed by atoms with van der Waals surface area (Å²) in [7, 11) is 0. The van der Waals surface area contributed by atoms with Gasteiger partial charge in [0.1, 0.15) is 0 Å². The molecule has 3 heteroatoms. The van der Waals surface area contributed by atoms with Crippen molar-refractivity contribution >= 4 is 11.8 Å². The van der Waals surface area contributed by atoms with Crippen LogP contribution in [0, 0.1) is 0 Å². The van der Waals surface area contributed by atoms with E-state index in [9.17, 15) is 0 Å². The van der Waals surface area contributed by atoms with Gasteiger partial charge in [0.15, 0.2) is 0 Å². The van der Waals surface area contributed by atoms with Crippen molar-refractivity contribution in [2.75, 3.05) is 18.9 Å². The quantitative estimate of drug-likeness (QED) is 0.653. The summed E-state index contributed by atoms with van der Waals surface area (Å²) in [6.07, 6.45) is 8.23. The molecule has 0 saturated carbocycles. The Morgan fingerprint density at radius 2 is 2.22 bits per heavy atom. The lowest BCUT2D eigenvalue weighted by Crippen LogP contribution is -2.32. The molecule has 0 aromatic heterocycles. The van der Waals surface area contributed by atoms with Crippen LogP contribution in [0.1, 0.15) is 59.3 Å². The monoisotopic (exact) mass is 273 g/mol. The van der Waals surface area contributed by atoms with Crippen LogP contribution in [0.5, 0.6) is 0 Å². The van der Waals surface area contributed by atoms with Gasteiger partial charge < -0.3 is 10.1 Å². The average molecular weight is 273 g/mol. The molecule has 1 saturated heterocycles. The zero-order valence-corrected chi connectivity index (χ0v) is 13.2. The fraction of sp³-hybridized carbons (Fsp3) is 1.00. The summed E-state index contributed by atoms with van der Waals surface area (Å²) in [5, 5.41) is 4.43. The highest BCUT2D eigenvalue weighted by molar-refractivity contribution is 7.99. The van der Waals surface area contributed by atoms with Crippen molar-refractivity contribution in [1.29, 1.82) is 0 Å². The Balaban J connectivity index is 2.12. The molecule has 2 atom stereocenters. The van der Waals surface area contributed by atoms with Gasteiger partial charge in [-0.1, -0.05) is 20.8 Å². The summed E-state index contributed by atoms with van der Waals surface area (Å²) in [6.45, 7) is 8.96. The molecule has 0 aromatic rings. The zero-order chi connectivity index (χ0) is 13.2. The molecule has 2 unspecified atom stereocenters. The van der Waals surface area contributed by atoms with Gasteiger partial charge in [0, 0.05) is 18.4 Å². The van der Waals surface area contributed by atoms with Gasteiger partial charge in [-0.05, 0) is 50.3 Å². The van der Waals surface area contributed by atoms with E-state index in [1.54, 1.807) is 0 Å². The molecule has 0 spiro atoms. The fourth-order valence-corrected chi connectivity index (χ4v) is 3.27. The van der Waals surface area contributed by atoms with E-state index in [2.05, 4.69) is 37.8 Å². The second kappa shape index (κ2) is 10.1. The third-order valence-corrected chi connectivity index (χ3v) is 4.68. The molecule has 1 N–H and O–H groups in total. The van der Waals surface area contributed by atoms with Crippen LogP contribution in [0.15, 0.2) is 0 Å². The highest BCUT2D eigenvalue weighted by Crippen LogP contribution is 2.19. The Labute approximate surface area is 118 Å². The van der Waals surface area contributed by atoms with Crippen LogP contribution in [0.2, 0.25) is 0 Å². The number of rotatable bonds is 10. The second-order valence-corrected chi connectivity index (χ2v) is 7.21. The van der Waals surface area contributed by atoms with Crippen molar-refractivity contribution in [1.82, 2.24) is 5.32 Å². The van der Waals surface area contributed by atoms with Crippen LogP contribution in [0.4, 0.5) is 0 Å². The summed E-state index contributed by atoms with van der Waals surface area (Å²) in [5.74, 6) is 1.25. The average Bonchev–Trinajstić information content (AvgIpc) is 2.84. The molecule has 1 aliphatic rings. The molecule has 0 radical (unpaired) electrons. The number of ether oxygens (including phenoxy) is 1. The van der Waals surface area contributed by atoms with Crippen LogP contribution in [0.25, 0.3) is 0 Å². The molecule has 1 aliphatic heterocycles. The summed E-state index contributed by atoms with van der Waals surface area (Å²) >= 11 is 2.08. The zero-order valence-electron chi connectivity index (χ0n) is 12.4. The summed E-state index contributed by atoms with van der Waals surface area (Å²) in [6, 6.07) is 0.693. The van der Waals surface area contributed by atoms with Crippen molar-refractivity contribution < 1.29 is 4.74 Å². The van der Waals surface area contributed by atoms with Crippen molar-refractivity contribution in [2.45, 2.75) is 76.7 Å². The molecule has 1 rings (SSSR count). The molecule has 0 amide bonds. The maximum Gasteiger partial charge on any atom is 0.0576 e. The lowest BCUT2D eigenvalue weighted by atomic mass is 10.1. The van der Waals surface area contributed by atoms with Gasteiger partial charge in [-0.15, -0.1) is 0 Å². The van der Waals surface area contributed by atoms with E-state index >= 15 is 0 Å². The predicted molar refractivity (Wildman–Crippen MR) is 82.5 cm³/mol. The van der Waals surface area contributed by atoms with Gasteiger partial charge in [-0.3, -0.25) is 0 Å². The molecule has 108 valence electrons. The Morgan fingerprint density at radius 1 is 1.39 bits per heavy atom. The first-order chi connectivity index (χ1) is 8.72. The van der Waals surface area contributed by atoms with Crippen LogP contribution in [-0.2, 0) is 4.74 Å². The van der Waals surface area contributed by atoms with Gasteiger partial charge in [0.2, 0.25) is 0 Å². The first-order valence-electron chi connectivity index (χ1n) is 7.69. The highest BCUT2D eigenvalue weighted by Gasteiger charge is 2.16. The number of thioether (sulfide) groups is 1. The normalized spacial score (nSPS) is 21.7. The van der Waals surface area contributed by atoms with Gasteiger partial charge in [0.25, 0.3) is 0 Å². The van der Waals surface area contributed by atoms with Crippen molar-refractivity contribution in [2.24, 2.45) is 0 Å². The van der Waals surface area contributed by atoms with E-state index in [1.165, 1.54) is 44.3 Å². The molecule has 2 nitrogen and oxygen atoms in total. The second-order valence-electron chi connectivity index (χ2n) is 5.60. The maximum absolute atomic E-state index is 5.69. The van der Waals surface area contributed by atoms with Crippen molar-refractivity contribution in [3.05, 3.63) is 0 Å². The van der Waals surface area contributed by atoms with Gasteiger partial charge in [-0.2, -0.15) is 11.8 Å². The van der Waals surface area contributed by atoms with Crippen LogP contribution in [-0.4, -0.2) is 36.3 Å². The number of hydrogen-bond acceptors (Lipinski definition) is 3. The molecule has 0 aromatic carbocycles. The first kappa shape index (κ1) is 16.3. The van der Waals surface area contributed by atoms with Crippen LogP contribution < -0.4 is 5.32 Å². The molecule has 18 heavy (non-hydrogen) atoms. The largest absolute Gasteiger partial charge is 0.378 e. The van der Waals surface area contributed by atoms with Crippen molar-refractivity contribution in [3.8, 4) is 0 Å². The lowest BCUT2D eigenvalue weighted by Gasteiger charge is -2.20. The SMILES string of the molecule is CCCNC(CCCC1CCCO1)CSC(C)C. The minimum atomic E-state index is 0.564. The Hall–Kier alpha value is 0.270. The maximum atomic E-state index is 5.69. The first-order valence-corrected chi connectivity index (χ1v) is 8.73. The van der Waals surface area contributed by atoms with E-state index < -0.39 is 0 Å². The number of nitrogens with one attached hydrogen (secondary N) is 1. The predicted octanol–water partition coefficient (Wildman–Crippen LogP) is 3.85. The summed E-state index contributed by atoms with van der Waals surface area (Å²) < 4.78 is 5.69. The van der Waals surface area contributed by atoms with E-state index in [0.717, 1.165) is 18.4 Å². The smallest absolute Gasteiger partial charge is 0.0576 e. The third-order valence-electron chi connectivity index (χ3n) is 3.42. The minimum absolute atomic E-state index is 0.564. The fourth-order valence-electron chi connectivity index (χ4n) is 2.37. The van der Waals surface area contributed by atoms with E-state index in [-0.39, 0.29) is 0 Å². The standard InChI is InChI=1S/C15H31NOS/c1-4-10-16-14(12-18-13(2)3)7-5-8-15-9-6-11-17-15/h13-16H,4-12H2,1-3H3. The summed E-state index contributed by atoms with van der Waals surface area (Å²) in [5.41, 5.74) is 0. The molecular weight excluding hydrogens is 242 g/mol. The van der Waals surface area contributed by atoms with Gasteiger partial charge in [-0.25, -0.2) is 0 Å². The number of hydrogen-bond donors (Lipinski definition) is 1. The molecule has 1 fully saturated rings. The topological polar surface area (TPSA) is 21.3 Å². The Bertz CT molecular complexity index is 193. The van der Waals surface area contributed by atoms with Gasteiger partial charge >= 0.3 is 0 Å². The lowest BCUT2D eigenvalue weighted by molar-refractivity contribution is 0.101. The highest BCUT2D eigenvalue weighted by atomic mass is 32.2. The molecule has 0 aliphatic carbocycles. The van der Waals surface area contributed by atoms with E-state index in [4.69, 9.17) is 4.74 Å². The third kappa shape index (κ3) is 7.65. The molecular formula is C15H31NOS. The molecule has 0 bridgehead atoms. The molecule has 1 heterocycles. The van der Waals surface area contributed by atoms with E-state index in [0.29, 0.717) is 12.1 Å². The summed E-state index contributed by atoms with van der Waals surface area (Å²) in [4.78, 5) is 0.